The Morgan fingerprint density at radius 3 is 3.15 bits per heavy atom. The Morgan fingerprint density at radius 1 is 1.55 bits per heavy atom. The number of carbonyl (C=O) groups excluding carboxylic acids is 2. The van der Waals surface area contributed by atoms with Gasteiger partial charge in [-0.2, -0.15) is 0 Å². The molecule has 2 N–H and O–H groups in total. The van der Waals surface area contributed by atoms with Crippen molar-refractivity contribution in [2.45, 2.75) is 32.4 Å². The maximum Gasteiger partial charge on any atom is 0.242 e. The van der Waals surface area contributed by atoms with E-state index in [0.717, 1.165) is 11.1 Å². The summed E-state index contributed by atoms with van der Waals surface area (Å²) in [6, 6.07) is 5.23. The van der Waals surface area contributed by atoms with Gasteiger partial charge >= 0.3 is 0 Å². The third-order valence-electron chi connectivity index (χ3n) is 3.34. The summed E-state index contributed by atoms with van der Waals surface area (Å²) in [4.78, 5) is 27.2. The minimum Gasteiger partial charge on any atom is -0.441 e. The molecule has 0 radical (unpaired) electrons. The van der Waals surface area contributed by atoms with E-state index >= 15 is 0 Å². The summed E-state index contributed by atoms with van der Waals surface area (Å²) in [5, 5.41) is 5.46. The predicted octanol–water partition coefficient (Wildman–Crippen LogP) is 1.03. The van der Waals surface area contributed by atoms with Gasteiger partial charge < -0.3 is 15.1 Å². The monoisotopic (exact) mass is 273 g/mol. The van der Waals surface area contributed by atoms with Gasteiger partial charge in [0.15, 0.2) is 11.5 Å². The first-order chi connectivity index (χ1) is 9.61. The van der Waals surface area contributed by atoms with E-state index in [1.807, 2.05) is 18.2 Å². The summed E-state index contributed by atoms with van der Waals surface area (Å²) in [6.07, 6.45) is 0.979. The maximum atomic E-state index is 11.9. The largest absolute Gasteiger partial charge is 0.441 e. The van der Waals surface area contributed by atoms with Crippen molar-refractivity contribution < 1.29 is 14.0 Å². The Morgan fingerprint density at radius 2 is 2.40 bits per heavy atom. The van der Waals surface area contributed by atoms with Crippen molar-refractivity contribution in [1.29, 1.82) is 0 Å². The molecule has 2 amide bonds. The van der Waals surface area contributed by atoms with E-state index in [-0.39, 0.29) is 11.8 Å². The predicted molar refractivity (Wildman–Crippen MR) is 71.8 cm³/mol. The van der Waals surface area contributed by atoms with E-state index in [1.54, 1.807) is 6.92 Å². The molecule has 1 fully saturated rings. The maximum absolute atomic E-state index is 11.9. The Bertz CT molecular complexity index is 677. The molecule has 0 aliphatic carbocycles. The standard InChI is InChI=1S/C14H15N3O3/c1-8-16-10-3-2-9(6-12(10)20-8)7-15-14(19)11-4-5-13(18)17-11/h2-3,6,11H,4-5,7H2,1H3,(H,15,19)(H,17,18). The second-order valence-electron chi connectivity index (χ2n) is 4.91. The van der Waals surface area contributed by atoms with Gasteiger partial charge in [0.25, 0.3) is 0 Å². The average molecular weight is 273 g/mol. The SMILES string of the molecule is Cc1nc2ccc(CNC(=O)C3CCC(=O)N3)cc2o1. The molecule has 0 spiro atoms. The highest BCUT2D eigenvalue weighted by atomic mass is 16.3. The van der Waals surface area contributed by atoms with Crippen LogP contribution in [0.5, 0.6) is 0 Å². The normalized spacial score (nSPS) is 18.2. The zero-order valence-electron chi connectivity index (χ0n) is 11.1. The zero-order valence-corrected chi connectivity index (χ0v) is 11.1. The van der Waals surface area contributed by atoms with E-state index in [4.69, 9.17) is 4.42 Å². The number of hydrogen-bond acceptors (Lipinski definition) is 4. The molecule has 1 aromatic heterocycles. The number of oxazole rings is 1. The lowest BCUT2D eigenvalue weighted by atomic mass is 10.2. The highest BCUT2D eigenvalue weighted by Gasteiger charge is 2.26. The van der Waals surface area contributed by atoms with Crippen LogP contribution in [-0.4, -0.2) is 22.8 Å². The van der Waals surface area contributed by atoms with Crippen LogP contribution in [-0.2, 0) is 16.1 Å². The number of nitrogens with one attached hydrogen (secondary N) is 2. The zero-order chi connectivity index (χ0) is 14.1. The van der Waals surface area contributed by atoms with Gasteiger partial charge in [-0.15, -0.1) is 0 Å². The van der Waals surface area contributed by atoms with Gasteiger partial charge in [0, 0.05) is 19.9 Å². The molecule has 6 nitrogen and oxygen atoms in total. The molecule has 1 unspecified atom stereocenters. The smallest absolute Gasteiger partial charge is 0.242 e. The van der Waals surface area contributed by atoms with Crippen LogP contribution < -0.4 is 10.6 Å². The molecule has 0 saturated carbocycles. The van der Waals surface area contributed by atoms with Crippen molar-refractivity contribution in [3.8, 4) is 0 Å². The van der Waals surface area contributed by atoms with E-state index in [0.29, 0.717) is 30.9 Å². The van der Waals surface area contributed by atoms with Gasteiger partial charge in [0.05, 0.1) is 0 Å². The summed E-state index contributed by atoms with van der Waals surface area (Å²) in [6.45, 7) is 2.20. The average Bonchev–Trinajstić information content (AvgIpc) is 3.00. The molecule has 2 heterocycles. The molecule has 1 aromatic carbocycles. The number of fused-ring (bicyclic) bond motifs is 1. The summed E-state index contributed by atoms with van der Waals surface area (Å²) in [5.74, 6) is 0.406. The Labute approximate surface area is 115 Å². The molecule has 6 heteroatoms. The van der Waals surface area contributed by atoms with Crippen LogP contribution in [0.4, 0.5) is 0 Å². The van der Waals surface area contributed by atoms with Gasteiger partial charge in [0.1, 0.15) is 11.6 Å². The van der Waals surface area contributed by atoms with Crippen LogP contribution in [0.25, 0.3) is 11.1 Å². The third-order valence-corrected chi connectivity index (χ3v) is 3.34. The van der Waals surface area contributed by atoms with Gasteiger partial charge in [-0.1, -0.05) is 6.07 Å². The first-order valence-corrected chi connectivity index (χ1v) is 6.55. The van der Waals surface area contributed by atoms with Crippen LogP contribution >= 0.6 is 0 Å². The minimum absolute atomic E-state index is 0.0660. The molecule has 1 aliphatic rings. The number of aromatic nitrogens is 1. The molecular formula is C14H15N3O3. The van der Waals surface area contributed by atoms with Crippen LogP contribution in [0.2, 0.25) is 0 Å². The molecule has 0 bridgehead atoms. The molecule has 1 aliphatic heterocycles. The van der Waals surface area contributed by atoms with Crippen molar-refractivity contribution in [1.82, 2.24) is 15.6 Å². The summed E-state index contributed by atoms with van der Waals surface area (Å²) < 4.78 is 5.45. The minimum atomic E-state index is -0.404. The molecule has 1 saturated heterocycles. The van der Waals surface area contributed by atoms with Crippen LogP contribution in [0.15, 0.2) is 22.6 Å². The molecule has 104 valence electrons. The number of aryl methyl sites for hydroxylation is 1. The fraction of sp³-hybridized carbons (Fsp3) is 0.357. The quantitative estimate of drug-likeness (QED) is 0.874. The third kappa shape index (κ3) is 2.49. The molecule has 20 heavy (non-hydrogen) atoms. The highest BCUT2D eigenvalue weighted by molar-refractivity contribution is 5.90. The van der Waals surface area contributed by atoms with Gasteiger partial charge in [-0.05, 0) is 24.1 Å². The number of rotatable bonds is 3. The number of hydrogen-bond donors (Lipinski definition) is 2. The topological polar surface area (TPSA) is 84.2 Å². The lowest BCUT2D eigenvalue weighted by molar-refractivity contribution is -0.125. The van der Waals surface area contributed by atoms with E-state index in [9.17, 15) is 9.59 Å². The molecule has 3 rings (SSSR count). The van der Waals surface area contributed by atoms with Crippen molar-refractivity contribution in [2.24, 2.45) is 0 Å². The molecule has 2 aromatic rings. The second-order valence-corrected chi connectivity index (χ2v) is 4.91. The number of carbonyl (C=O) groups is 2. The Kier molecular flexibility index (Phi) is 3.14. The second kappa shape index (κ2) is 4.96. The van der Waals surface area contributed by atoms with Crippen molar-refractivity contribution in [3.63, 3.8) is 0 Å². The van der Waals surface area contributed by atoms with Gasteiger partial charge in [-0.3, -0.25) is 9.59 Å². The Hall–Kier alpha value is -2.37. The Balaban J connectivity index is 1.64. The first kappa shape index (κ1) is 12.7. The van der Waals surface area contributed by atoms with Crippen molar-refractivity contribution in [3.05, 3.63) is 29.7 Å². The van der Waals surface area contributed by atoms with Gasteiger partial charge in [-0.25, -0.2) is 4.98 Å². The summed E-state index contributed by atoms with van der Waals surface area (Å²) in [5.41, 5.74) is 2.45. The fourth-order valence-electron chi connectivity index (χ4n) is 2.32. The van der Waals surface area contributed by atoms with E-state index in [1.165, 1.54) is 0 Å². The van der Waals surface area contributed by atoms with Crippen LogP contribution in [0, 0.1) is 6.92 Å². The van der Waals surface area contributed by atoms with E-state index in [2.05, 4.69) is 15.6 Å². The molecular weight excluding hydrogens is 258 g/mol. The molecule has 1 atom stereocenters. The highest BCUT2D eigenvalue weighted by Crippen LogP contribution is 2.17. The number of amides is 2. The number of benzene rings is 1. The fourth-order valence-corrected chi connectivity index (χ4v) is 2.32. The number of nitrogens with zero attached hydrogens (tertiary/aromatic N) is 1. The van der Waals surface area contributed by atoms with Crippen molar-refractivity contribution >= 4 is 22.9 Å². The van der Waals surface area contributed by atoms with Gasteiger partial charge in [0.2, 0.25) is 11.8 Å². The van der Waals surface area contributed by atoms with Crippen LogP contribution in [0.3, 0.4) is 0 Å². The summed E-state index contributed by atoms with van der Waals surface area (Å²) in [7, 11) is 0. The van der Waals surface area contributed by atoms with Crippen molar-refractivity contribution in [2.75, 3.05) is 0 Å². The van der Waals surface area contributed by atoms with Crippen LogP contribution in [0.1, 0.15) is 24.3 Å². The summed E-state index contributed by atoms with van der Waals surface area (Å²) >= 11 is 0. The lowest BCUT2D eigenvalue weighted by Gasteiger charge is -2.10. The first-order valence-electron chi connectivity index (χ1n) is 6.55. The van der Waals surface area contributed by atoms with E-state index < -0.39 is 6.04 Å². The lowest BCUT2D eigenvalue weighted by Crippen LogP contribution is -2.41.